The zero-order chi connectivity index (χ0) is 19.3. The number of benzene rings is 3. The molecule has 1 N–H and O–H groups in total. The van der Waals surface area contributed by atoms with Crippen molar-refractivity contribution in [3.8, 4) is 28.0 Å². The van der Waals surface area contributed by atoms with E-state index in [1.807, 2.05) is 30.3 Å². The topological polar surface area (TPSA) is 46.5 Å². The van der Waals surface area contributed by atoms with Crippen LogP contribution in [0.3, 0.4) is 0 Å². The van der Waals surface area contributed by atoms with Crippen LogP contribution in [0.15, 0.2) is 54.6 Å². The SMILES string of the molecule is O=C(O)C1CCc2ccc(-c3cccc(Cl)c3-c3ccc4c(c3)CCO4)cc21. The van der Waals surface area contributed by atoms with Crippen LogP contribution in [0.4, 0.5) is 0 Å². The second kappa shape index (κ2) is 6.68. The number of carboxylic acids is 1. The van der Waals surface area contributed by atoms with Crippen LogP contribution in [0.1, 0.15) is 29.0 Å². The number of ether oxygens (including phenoxy) is 1. The maximum Gasteiger partial charge on any atom is 0.310 e. The Hall–Kier alpha value is -2.78. The van der Waals surface area contributed by atoms with E-state index in [0.29, 0.717) is 11.4 Å². The molecule has 1 unspecified atom stereocenters. The van der Waals surface area contributed by atoms with Crippen molar-refractivity contribution in [3.05, 3.63) is 76.3 Å². The summed E-state index contributed by atoms with van der Waals surface area (Å²) in [5.74, 6) is -0.227. The van der Waals surface area contributed by atoms with Crippen molar-refractivity contribution in [2.24, 2.45) is 0 Å². The molecule has 2 aliphatic rings. The predicted molar refractivity (Wildman–Crippen MR) is 110 cm³/mol. The summed E-state index contributed by atoms with van der Waals surface area (Å²) in [7, 11) is 0. The van der Waals surface area contributed by atoms with Gasteiger partial charge in [-0.2, -0.15) is 0 Å². The van der Waals surface area contributed by atoms with Crippen LogP contribution in [-0.2, 0) is 17.6 Å². The van der Waals surface area contributed by atoms with Gasteiger partial charge in [-0.15, -0.1) is 0 Å². The summed E-state index contributed by atoms with van der Waals surface area (Å²) in [5.41, 5.74) is 7.31. The van der Waals surface area contributed by atoms with Crippen LogP contribution in [0.2, 0.25) is 5.02 Å². The van der Waals surface area contributed by atoms with Gasteiger partial charge in [-0.1, -0.05) is 41.9 Å². The van der Waals surface area contributed by atoms with Crippen molar-refractivity contribution in [1.29, 1.82) is 0 Å². The summed E-state index contributed by atoms with van der Waals surface area (Å²) in [6, 6.07) is 18.3. The molecule has 3 nitrogen and oxygen atoms in total. The van der Waals surface area contributed by atoms with E-state index in [1.54, 1.807) is 0 Å². The summed E-state index contributed by atoms with van der Waals surface area (Å²) < 4.78 is 5.63. The standard InChI is InChI=1S/C24H19ClO3/c25-21-3-1-2-18(23(21)17-7-9-22-16(12-17)10-11-28-22)15-5-4-14-6-8-19(24(26)27)20(14)13-15/h1-5,7,9,12-13,19H,6,8,10-11H2,(H,26,27). The molecule has 0 amide bonds. The third-order valence-corrected chi connectivity index (χ3v) is 6.14. The van der Waals surface area contributed by atoms with Gasteiger partial charge in [-0.25, -0.2) is 0 Å². The minimum Gasteiger partial charge on any atom is -0.493 e. The van der Waals surface area contributed by atoms with Crippen molar-refractivity contribution in [2.45, 2.75) is 25.2 Å². The van der Waals surface area contributed by atoms with E-state index in [0.717, 1.165) is 58.6 Å². The minimum absolute atomic E-state index is 0.422. The maximum absolute atomic E-state index is 11.6. The number of aryl methyl sites for hydroxylation is 1. The molecule has 0 saturated carbocycles. The molecule has 0 fully saturated rings. The molecular weight excluding hydrogens is 372 g/mol. The van der Waals surface area contributed by atoms with Gasteiger partial charge in [-0.05, 0) is 70.5 Å². The highest BCUT2D eigenvalue weighted by Crippen LogP contribution is 2.42. The Morgan fingerprint density at radius 3 is 2.71 bits per heavy atom. The van der Waals surface area contributed by atoms with E-state index >= 15 is 0 Å². The summed E-state index contributed by atoms with van der Waals surface area (Å²) in [5, 5.41) is 10.2. The molecule has 3 aromatic rings. The highest BCUT2D eigenvalue weighted by molar-refractivity contribution is 6.34. The van der Waals surface area contributed by atoms with Gasteiger partial charge < -0.3 is 9.84 Å². The molecule has 0 radical (unpaired) electrons. The Morgan fingerprint density at radius 1 is 1.00 bits per heavy atom. The molecule has 1 atom stereocenters. The number of hydrogen-bond acceptors (Lipinski definition) is 2. The Bertz CT molecular complexity index is 1100. The largest absolute Gasteiger partial charge is 0.493 e. The van der Waals surface area contributed by atoms with Gasteiger partial charge in [0.15, 0.2) is 0 Å². The normalized spacial score (nSPS) is 17.1. The quantitative estimate of drug-likeness (QED) is 0.621. The Kier molecular flexibility index (Phi) is 4.13. The summed E-state index contributed by atoms with van der Waals surface area (Å²) >= 11 is 6.64. The average molecular weight is 391 g/mol. The molecule has 5 rings (SSSR count). The summed E-state index contributed by atoms with van der Waals surface area (Å²) in [6.07, 6.45) is 2.39. The molecular formula is C24H19ClO3. The fourth-order valence-electron chi connectivity index (χ4n) is 4.43. The zero-order valence-corrected chi connectivity index (χ0v) is 16.0. The van der Waals surface area contributed by atoms with Crippen LogP contribution in [0.25, 0.3) is 22.3 Å². The lowest BCUT2D eigenvalue weighted by Gasteiger charge is -2.15. The molecule has 0 spiro atoms. The van der Waals surface area contributed by atoms with Crippen molar-refractivity contribution in [1.82, 2.24) is 0 Å². The highest BCUT2D eigenvalue weighted by atomic mass is 35.5. The Labute approximate surface area is 168 Å². The first-order valence-corrected chi connectivity index (χ1v) is 9.90. The molecule has 140 valence electrons. The van der Waals surface area contributed by atoms with Crippen molar-refractivity contribution in [3.63, 3.8) is 0 Å². The first kappa shape index (κ1) is 17.3. The van der Waals surface area contributed by atoms with Crippen molar-refractivity contribution < 1.29 is 14.6 Å². The van der Waals surface area contributed by atoms with E-state index < -0.39 is 11.9 Å². The van der Waals surface area contributed by atoms with Crippen LogP contribution in [0, 0.1) is 0 Å². The van der Waals surface area contributed by atoms with E-state index in [9.17, 15) is 9.90 Å². The molecule has 1 aliphatic carbocycles. The molecule has 1 aliphatic heterocycles. The summed E-state index contributed by atoms with van der Waals surface area (Å²) in [4.78, 5) is 11.6. The molecule has 3 aromatic carbocycles. The molecule has 0 bridgehead atoms. The molecule has 4 heteroatoms. The first-order chi connectivity index (χ1) is 13.6. The zero-order valence-electron chi connectivity index (χ0n) is 15.2. The predicted octanol–water partition coefficient (Wildman–Crippen LogP) is 5.72. The third-order valence-electron chi connectivity index (χ3n) is 5.82. The van der Waals surface area contributed by atoms with E-state index in [-0.39, 0.29) is 0 Å². The van der Waals surface area contributed by atoms with E-state index in [4.69, 9.17) is 16.3 Å². The fourth-order valence-corrected chi connectivity index (χ4v) is 4.71. The van der Waals surface area contributed by atoms with Crippen molar-refractivity contribution >= 4 is 17.6 Å². The van der Waals surface area contributed by atoms with Gasteiger partial charge in [0.05, 0.1) is 12.5 Å². The lowest BCUT2D eigenvalue weighted by molar-refractivity contribution is -0.138. The second-order valence-electron chi connectivity index (χ2n) is 7.43. The monoisotopic (exact) mass is 390 g/mol. The van der Waals surface area contributed by atoms with Gasteiger partial charge in [0, 0.05) is 17.0 Å². The fraction of sp³-hybridized carbons (Fsp3) is 0.208. The van der Waals surface area contributed by atoms with Crippen molar-refractivity contribution in [2.75, 3.05) is 6.61 Å². The number of aliphatic carboxylic acids is 1. The summed E-state index contributed by atoms with van der Waals surface area (Å²) in [6.45, 7) is 0.718. The van der Waals surface area contributed by atoms with Gasteiger partial charge in [0.25, 0.3) is 0 Å². The maximum atomic E-state index is 11.6. The smallest absolute Gasteiger partial charge is 0.310 e. The van der Waals surface area contributed by atoms with E-state index in [1.165, 1.54) is 5.56 Å². The Balaban J connectivity index is 1.66. The number of halogens is 1. The molecule has 0 aromatic heterocycles. The first-order valence-electron chi connectivity index (χ1n) is 9.52. The molecule has 1 heterocycles. The Morgan fingerprint density at radius 2 is 1.86 bits per heavy atom. The molecule has 0 saturated heterocycles. The number of carboxylic acid groups (broad SMARTS) is 1. The van der Waals surface area contributed by atoms with Crippen LogP contribution >= 0.6 is 11.6 Å². The van der Waals surface area contributed by atoms with Crippen LogP contribution in [0.5, 0.6) is 5.75 Å². The lowest BCUT2D eigenvalue weighted by Crippen LogP contribution is -2.07. The second-order valence-corrected chi connectivity index (χ2v) is 7.83. The number of carbonyl (C=O) groups is 1. The third kappa shape index (κ3) is 2.78. The van der Waals surface area contributed by atoms with Gasteiger partial charge in [0.2, 0.25) is 0 Å². The van der Waals surface area contributed by atoms with E-state index in [2.05, 4.69) is 24.3 Å². The number of hydrogen-bond donors (Lipinski definition) is 1. The lowest BCUT2D eigenvalue weighted by atomic mass is 9.90. The van der Waals surface area contributed by atoms with Crippen LogP contribution < -0.4 is 4.74 Å². The highest BCUT2D eigenvalue weighted by Gasteiger charge is 2.29. The molecule has 28 heavy (non-hydrogen) atoms. The number of fused-ring (bicyclic) bond motifs is 2. The van der Waals surface area contributed by atoms with Gasteiger partial charge >= 0.3 is 5.97 Å². The average Bonchev–Trinajstić information content (AvgIpc) is 3.33. The van der Waals surface area contributed by atoms with Gasteiger partial charge in [0.1, 0.15) is 5.75 Å². The minimum atomic E-state index is -0.749. The van der Waals surface area contributed by atoms with Gasteiger partial charge in [-0.3, -0.25) is 4.79 Å². The van der Waals surface area contributed by atoms with Crippen LogP contribution in [-0.4, -0.2) is 17.7 Å². The number of rotatable bonds is 3.